The highest BCUT2D eigenvalue weighted by Crippen LogP contribution is 2.06. The molecule has 0 aliphatic rings. The van der Waals surface area contributed by atoms with Crippen molar-refractivity contribution in [3.63, 3.8) is 0 Å². The zero-order valence-corrected chi connectivity index (χ0v) is 22.8. The van der Waals surface area contributed by atoms with Crippen molar-refractivity contribution in [2.24, 2.45) is 0 Å². The third kappa shape index (κ3) is 24.8. The van der Waals surface area contributed by atoms with Crippen molar-refractivity contribution in [2.75, 3.05) is 13.2 Å². The number of ether oxygens (including phenoxy) is 3. The molecule has 0 heterocycles. The summed E-state index contributed by atoms with van der Waals surface area (Å²) < 4.78 is 80.1. The van der Waals surface area contributed by atoms with Gasteiger partial charge in [-0.05, 0) is 57.8 Å². The van der Waals surface area contributed by atoms with E-state index in [1.165, 1.54) is 0 Å². The van der Waals surface area contributed by atoms with E-state index in [-0.39, 0.29) is 113 Å². The molecule has 0 saturated carbocycles. The van der Waals surface area contributed by atoms with Gasteiger partial charge in [-0.3, -0.25) is 14.4 Å². The van der Waals surface area contributed by atoms with Crippen LogP contribution in [0.15, 0.2) is 48.4 Å². The molecule has 0 aliphatic heterocycles. The number of rotatable bonds is 23. The SMILES string of the molecule is [3H]/C(CCCCC)=C(\[3H])C/C([3H])=C(/[3H])C/C([3H])=C(/[3H])C/C([3H])=C(/[3H])CCCC(=O)OC(COC(=O)CCC)COC(=O)CCC. The van der Waals surface area contributed by atoms with Crippen molar-refractivity contribution < 1.29 is 39.6 Å². The fraction of sp³-hybridized carbons (Fsp3) is 0.645. The second-order valence-corrected chi connectivity index (χ2v) is 8.23. The van der Waals surface area contributed by atoms with E-state index in [2.05, 4.69) is 0 Å². The van der Waals surface area contributed by atoms with Crippen molar-refractivity contribution in [1.82, 2.24) is 0 Å². The molecule has 0 bridgehead atoms. The molecular weight excluding hydrogens is 468 g/mol. The van der Waals surface area contributed by atoms with Gasteiger partial charge in [0.25, 0.3) is 0 Å². The van der Waals surface area contributed by atoms with Crippen LogP contribution in [0.5, 0.6) is 0 Å². The third-order valence-electron chi connectivity index (χ3n) is 4.69. The highest BCUT2D eigenvalue weighted by atomic mass is 16.6. The zero-order chi connectivity index (χ0) is 34.4. The summed E-state index contributed by atoms with van der Waals surface area (Å²) in [5, 5.41) is 0. The number of hydrogen-bond acceptors (Lipinski definition) is 6. The van der Waals surface area contributed by atoms with Crippen LogP contribution in [-0.4, -0.2) is 37.2 Å². The molecule has 0 radical (unpaired) electrons. The van der Waals surface area contributed by atoms with E-state index in [1.807, 2.05) is 20.8 Å². The van der Waals surface area contributed by atoms with Crippen LogP contribution in [0.2, 0.25) is 0 Å². The first-order chi connectivity index (χ1) is 21.2. The maximum Gasteiger partial charge on any atom is 0.306 e. The van der Waals surface area contributed by atoms with E-state index in [4.69, 9.17) is 25.2 Å². The Morgan fingerprint density at radius 2 is 1.05 bits per heavy atom. The number of hydrogen-bond donors (Lipinski definition) is 0. The first-order valence-electron chi connectivity index (χ1n) is 17.4. The lowest BCUT2D eigenvalue weighted by Gasteiger charge is -2.18. The molecule has 0 amide bonds. The minimum absolute atomic E-state index is 0.0307. The fourth-order valence-electron chi connectivity index (χ4n) is 2.75. The van der Waals surface area contributed by atoms with E-state index in [0.29, 0.717) is 19.3 Å². The minimum atomic E-state index is -0.980. The summed E-state index contributed by atoms with van der Waals surface area (Å²) in [6.07, 6.45) is 2.97. The maximum atomic E-state index is 12.4. The van der Waals surface area contributed by atoms with Crippen molar-refractivity contribution >= 4 is 17.9 Å². The molecule has 0 atom stereocenters. The quantitative estimate of drug-likeness (QED) is 0.0577. The molecule has 37 heavy (non-hydrogen) atoms. The topological polar surface area (TPSA) is 78.9 Å². The van der Waals surface area contributed by atoms with Gasteiger partial charge in [-0.2, -0.15) is 0 Å². The van der Waals surface area contributed by atoms with Crippen molar-refractivity contribution in [1.29, 1.82) is 0 Å². The van der Waals surface area contributed by atoms with Crippen molar-refractivity contribution in [3.8, 4) is 0 Å². The molecule has 0 aliphatic carbocycles. The molecule has 0 aromatic carbocycles. The Balaban J connectivity index is 5.06. The standard InChI is InChI=1S/C31H50O6/c1-4-7-8-9-10-11-12-13-14-15-16-17-18-19-20-21-22-25-31(34)37-28(26-35-29(32)23-5-2)27-36-30(33)24-6-3/h10-11,13-14,16-17,19-20,28H,4-9,12,15,18,21-27H2,1-3H3/b11-10-,14-13-,17-16-,20-19-/i10T,11T,13T,14T,16T,17T,19T,20T. The zero-order valence-electron chi connectivity index (χ0n) is 30.8. The van der Waals surface area contributed by atoms with E-state index in [9.17, 15) is 14.4 Å². The Hall–Kier alpha value is -2.63. The first-order valence-corrected chi connectivity index (χ1v) is 13.4. The second-order valence-electron chi connectivity index (χ2n) is 8.23. The summed E-state index contributed by atoms with van der Waals surface area (Å²) in [7, 11) is 0. The van der Waals surface area contributed by atoms with Crippen LogP contribution in [0.25, 0.3) is 0 Å². The van der Waals surface area contributed by atoms with Gasteiger partial charge in [0.2, 0.25) is 0 Å². The Labute approximate surface area is 236 Å². The maximum absolute atomic E-state index is 12.4. The summed E-state index contributed by atoms with van der Waals surface area (Å²) in [4.78, 5) is 35.8. The number of unbranched alkanes of at least 4 members (excludes halogenated alkanes) is 2. The number of allylic oxidation sites excluding steroid dienone is 8. The van der Waals surface area contributed by atoms with Gasteiger partial charge >= 0.3 is 17.9 Å². The lowest BCUT2D eigenvalue weighted by molar-refractivity contribution is -0.166. The van der Waals surface area contributed by atoms with Gasteiger partial charge in [0, 0.05) is 19.3 Å². The van der Waals surface area contributed by atoms with Gasteiger partial charge < -0.3 is 14.2 Å². The summed E-state index contributed by atoms with van der Waals surface area (Å²) in [6, 6.07) is -1.25. The predicted molar refractivity (Wildman–Crippen MR) is 150 cm³/mol. The second kappa shape index (κ2) is 26.4. The Kier molecular flexibility index (Phi) is 16.0. The van der Waals surface area contributed by atoms with Crippen LogP contribution < -0.4 is 0 Å². The van der Waals surface area contributed by atoms with Crippen molar-refractivity contribution in [2.45, 2.75) is 117 Å². The van der Waals surface area contributed by atoms with Gasteiger partial charge in [0.05, 0.1) is 11.0 Å². The molecule has 210 valence electrons. The monoisotopic (exact) mass is 534 g/mol. The van der Waals surface area contributed by atoms with Crippen LogP contribution in [0, 0.1) is 0 Å². The summed E-state index contributed by atoms with van der Waals surface area (Å²) in [5.41, 5.74) is 0. The Morgan fingerprint density at radius 1 is 0.595 bits per heavy atom. The molecule has 0 spiro atoms. The van der Waals surface area contributed by atoms with Gasteiger partial charge in [-0.25, -0.2) is 0 Å². The highest BCUT2D eigenvalue weighted by Gasteiger charge is 2.19. The molecule has 0 unspecified atom stereocenters. The van der Waals surface area contributed by atoms with Gasteiger partial charge in [0.15, 0.2) is 6.10 Å². The lowest BCUT2D eigenvalue weighted by atomic mass is 10.2. The highest BCUT2D eigenvalue weighted by molar-refractivity contribution is 5.71. The molecule has 0 fully saturated rings. The largest absolute Gasteiger partial charge is 0.462 e. The summed E-state index contributed by atoms with van der Waals surface area (Å²) in [6.45, 7) is 5.14. The van der Waals surface area contributed by atoms with E-state index < -0.39 is 24.0 Å². The molecule has 0 rings (SSSR count). The molecule has 0 aromatic heterocycles. The first kappa shape index (κ1) is 22.4. The molecule has 6 nitrogen and oxygen atoms in total. The van der Waals surface area contributed by atoms with Crippen LogP contribution >= 0.6 is 0 Å². The van der Waals surface area contributed by atoms with E-state index >= 15 is 0 Å². The Morgan fingerprint density at radius 3 is 1.51 bits per heavy atom. The third-order valence-corrected chi connectivity index (χ3v) is 4.69. The molecule has 0 aromatic rings. The minimum Gasteiger partial charge on any atom is -0.462 e. The number of esters is 3. The summed E-state index contributed by atoms with van der Waals surface area (Å²) in [5.74, 6) is -1.58. The lowest BCUT2D eigenvalue weighted by Crippen LogP contribution is -2.30. The van der Waals surface area contributed by atoms with Crippen LogP contribution in [-0.2, 0) is 28.6 Å². The van der Waals surface area contributed by atoms with Crippen molar-refractivity contribution in [3.05, 3.63) is 48.4 Å². The van der Waals surface area contributed by atoms with Gasteiger partial charge in [-0.1, -0.05) is 82.0 Å². The smallest absolute Gasteiger partial charge is 0.306 e. The average molecular weight is 535 g/mol. The van der Waals surface area contributed by atoms with E-state index in [0.717, 1.165) is 19.3 Å². The summed E-state index contributed by atoms with van der Waals surface area (Å²) >= 11 is 0. The van der Waals surface area contributed by atoms with Gasteiger partial charge in [0.1, 0.15) is 13.2 Å². The Bertz CT molecular complexity index is 1060. The number of carbonyl (C=O) groups excluding carboxylic acids is 3. The molecule has 0 N–H and O–H groups in total. The normalized spacial score (nSPS) is 17.1. The predicted octanol–water partition coefficient (Wildman–Crippen LogP) is 7.73. The molecule has 6 heteroatoms. The van der Waals surface area contributed by atoms with Gasteiger partial charge in [-0.15, -0.1) is 0 Å². The average Bonchev–Trinajstić information content (AvgIpc) is 2.98. The molecule has 0 saturated heterocycles. The van der Waals surface area contributed by atoms with Crippen LogP contribution in [0.4, 0.5) is 0 Å². The number of carbonyl (C=O) groups is 3. The van der Waals surface area contributed by atoms with E-state index in [1.54, 1.807) is 0 Å². The molecular formula is C31H50O6. The van der Waals surface area contributed by atoms with Crippen LogP contribution in [0.1, 0.15) is 122 Å². The fourth-order valence-corrected chi connectivity index (χ4v) is 2.75. The van der Waals surface area contributed by atoms with Crippen LogP contribution in [0.3, 0.4) is 0 Å².